The van der Waals surface area contributed by atoms with Crippen LogP contribution in [0.1, 0.15) is 11.3 Å². The van der Waals surface area contributed by atoms with Gasteiger partial charge >= 0.3 is 0 Å². The minimum Gasteiger partial charge on any atom is -0.384 e. The molecule has 2 N–H and O–H groups in total. The van der Waals surface area contributed by atoms with E-state index in [-0.39, 0.29) is 0 Å². The molecule has 0 fully saturated rings. The highest BCUT2D eigenvalue weighted by Crippen LogP contribution is 2.07. The maximum Gasteiger partial charge on any atom is 0.123 e. The third kappa shape index (κ3) is 2.04. The van der Waals surface area contributed by atoms with Crippen LogP contribution in [-0.4, -0.2) is 15.0 Å². The molecular weight excluding hydrogens is 176 g/mol. The lowest BCUT2D eigenvalue weighted by Crippen LogP contribution is -1.95. The van der Waals surface area contributed by atoms with Crippen LogP contribution < -0.4 is 5.73 Å². The number of nitrogens with two attached hydrogens (primary N) is 1. The van der Waals surface area contributed by atoms with Gasteiger partial charge in [0.2, 0.25) is 0 Å². The van der Waals surface area contributed by atoms with Gasteiger partial charge in [0.05, 0.1) is 5.69 Å². The molecule has 0 unspecified atom stereocenters. The molecule has 0 atom stereocenters. The summed E-state index contributed by atoms with van der Waals surface area (Å²) >= 11 is 0. The normalized spacial score (nSPS) is 10.0. The van der Waals surface area contributed by atoms with Crippen molar-refractivity contribution in [1.29, 1.82) is 0 Å². The number of nitrogen functional groups attached to an aromatic ring is 1. The Bertz CT molecular complexity index is 413. The molecule has 2 aromatic rings. The Morgan fingerprint density at radius 1 is 1.14 bits per heavy atom. The molecule has 0 radical (unpaired) electrons. The minimum atomic E-state index is 0.534. The fourth-order valence-electron chi connectivity index (χ4n) is 1.23. The van der Waals surface area contributed by atoms with E-state index in [1.807, 2.05) is 12.1 Å². The summed E-state index contributed by atoms with van der Waals surface area (Å²) in [6.45, 7) is 0. The van der Waals surface area contributed by atoms with Crippen molar-refractivity contribution in [3.8, 4) is 0 Å². The maximum absolute atomic E-state index is 5.57. The van der Waals surface area contributed by atoms with Gasteiger partial charge in [-0.15, -0.1) is 0 Å². The van der Waals surface area contributed by atoms with E-state index in [1.54, 1.807) is 24.8 Å². The number of rotatable bonds is 2. The smallest absolute Gasteiger partial charge is 0.123 e. The summed E-state index contributed by atoms with van der Waals surface area (Å²) in [4.78, 5) is 12.1. The zero-order valence-electron chi connectivity index (χ0n) is 7.59. The van der Waals surface area contributed by atoms with Crippen LogP contribution in [0, 0.1) is 0 Å². The van der Waals surface area contributed by atoms with Gasteiger partial charge in [0.25, 0.3) is 0 Å². The second kappa shape index (κ2) is 3.83. The minimum absolute atomic E-state index is 0.534. The Hall–Kier alpha value is -1.97. The Balaban J connectivity index is 2.19. The molecule has 0 aromatic carbocycles. The Morgan fingerprint density at radius 3 is 2.79 bits per heavy atom. The lowest BCUT2D eigenvalue weighted by atomic mass is 10.1. The first kappa shape index (κ1) is 8.62. The Morgan fingerprint density at radius 2 is 2.07 bits per heavy atom. The summed E-state index contributed by atoms with van der Waals surface area (Å²) in [5, 5.41) is 0. The monoisotopic (exact) mass is 186 g/mol. The van der Waals surface area contributed by atoms with E-state index in [0.29, 0.717) is 5.82 Å². The van der Waals surface area contributed by atoms with Crippen molar-refractivity contribution in [2.45, 2.75) is 6.42 Å². The number of hydrogen-bond acceptors (Lipinski definition) is 4. The van der Waals surface area contributed by atoms with Crippen molar-refractivity contribution in [1.82, 2.24) is 15.0 Å². The summed E-state index contributed by atoms with van der Waals surface area (Å²) in [5.41, 5.74) is 7.59. The van der Waals surface area contributed by atoms with Crippen molar-refractivity contribution < 1.29 is 0 Å². The van der Waals surface area contributed by atoms with Crippen LogP contribution in [0.5, 0.6) is 0 Å². The molecule has 0 bridgehead atoms. The number of aromatic nitrogens is 3. The number of pyridine rings is 1. The van der Waals surface area contributed by atoms with Crippen molar-refractivity contribution >= 4 is 5.82 Å². The standard InChI is InChI=1S/C10H10N4/c11-10-6-8(1-2-14-10)5-9-7-12-3-4-13-9/h1-4,6-7H,5H2,(H2,11,14). The molecule has 0 saturated heterocycles. The van der Waals surface area contributed by atoms with Gasteiger partial charge in [-0.3, -0.25) is 9.97 Å². The van der Waals surface area contributed by atoms with Gasteiger partial charge < -0.3 is 5.73 Å². The lowest BCUT2D eigenvalue weighted by Gasteiger charge is -2.00. The number of nitrogens with zero attached hydrogens (tertiary/aromatic N) is 3. The second-order valence-electron chi connectivity index (χ2n) is 2.96. The average molecular weight is 186 g/mol. The zero-order valence-corrected chi connectivity index (χ0v) is 7.59. The molecule has 0 aliphatic heterocycles. The van der Waals surface area contributed by atoms with E-state index in [2.05, 4.69) is 15.0 Å². The molecule has 0 aliphatic carbocycles. The van der Waals surface area contributed by atoms with Crippen molar-refractivity contribution in [3.05, 3.63) is 48.2 Å². The van der Waals surface area contributed by atoms with E-state index in [9.17, 15) is 0 Å². The zero-order chi connectivity index (χ0) is 9.80. The van der Waals surface area contributed by atoms with Crippen LogP contribution in [-0.2, 0) is 6.42 Å². The molecule has 0 saturated carbocycles. The van der Waals surface area contributed by atoms with Crippen LogP contribution in [0.15, 0.2) is 36.9 Å². The van der Waals surface area contributed by atoms with Gasteiger partial charge in [-0.1, -0.05) is 0 Å². The van der Waals surface area contributed by atoms with Crippen molar-refractivity contribution in [3.63, 3.8) is 0 Å². The van der Waals surface area contributed by atoms with Crippen LogP contribution in [0.4, 0.5) is 5.82 Å². The van der Waals surface area contributed by atoms with E-state index >= 15 is 0 Å². The first-order valence-corrected chi connectivity index (χ1v) is 4.30. The van der Waals surface area contributed by atoms with Gasteiger partial charge in [0, 0.05) is 31.2 Å². The molecule has 70 valence electrons. The summed E-state index contributed by atoms with van der Waals surface area (Å²) in [6.07, 6.45) is 7.52. The largest absolute Gasteiger partial charge is 0.384 e. The first-order valence-electron chi connectivity index (χ1n) is 4.30. The van der Waals surface area contributed by atoms with E-state index in [0.717, 1.165) is 17.7 Å². The predicted molar refractivity (Wildman–Crippen MR) is 53.5 cm³/mol. The van der Waals surface area contributed by atoms with E-state index < -0.39 is 0 Å². The average Bonchev–Trinajstić information content (AvgIpc) is 2.19. The molecule has 0 spiro atoms. The van der Waals surface area contributed by atoms with Gasteiger partial charge in [-0.05, 0) is 17.7 Å². The van der Waals surface area contributed by atoms with Gasteiger partial charge in [-0.2, -0.15) is 0 Å². The molecule has 4 heteroatoms. The van der Waals surface area contributed by atoms with Crippen LogP contribution in [0.3, 0.4) is 0 Å². The number of hydrogen-bond donors (Lipinski definition) is 1. The molecule has 4 nitrogen and oxygen atoms in total. The molecule has 14 heavy (non-hydrogen) atoms. The summed E-state index contributed by atoms with van der Waals surface area (Å²) in [6, 6.07) is 3.76. The highest BCUT2D eigenvalue weighted by Gasteiger charge is 1.97. The third-order valence-corrected chi connectivity index (χ3v) is 1.85. The predicted octanol–water partition coefficient (Wildman–Crippen LogP) is 1.04. The molecule has 0 aliphatic rings. The van der Waals surface area contributed by atoms with Crippen LogP contribution >= 0.6 is 0 Å². The maximum atomic E-state index is 5.57. The highest BCUT2D eigenvalue weighted by molar-refractivity contribution is 5.33. The fraction of sp³-hybridized carbons (Fsp3) is 0.100. The molecule has 0 amide bonds. The lowest BCUT2D eigenvalue weighted by molar-refractivity contribution is 1.03. The summed E-state index contributed by atoms with van der Waals surface area (Å²) in [7, 11) is 0. The van der Waals surface area contributed by atoms with E-state index in [4.69, 9.17) is 5.73 Å². The molecule has 2 aromatic heterocycles. The van der Waals surface area contributed by atoms with Crippen LogP contribution in [0.2, 0.25) is 0 Å². The van der Waals surface area contributed by atoms with Crippen molar-refractivity contribution in [2.75, 3.05) is 5.73 Å². The Labute approximate surface area is 81.9 Å². The quantitative estimate of drug-likeness (QED) is 0.761. The topological polar surface area (TPSA) is 64.7 Å². The summed E-state index contributed by atoms with van der Waals surface area (Å²) < 4.78 is 0. The third-order valence-electron chi connectivity index (χ3n) is 1.85. The fourth-order valence-corrected chi connectivity index (χ4v) is 1.23. The highest BCUT2D eigenvalue weighted by atomic mass is 14.8. The second-order valence-corrected chi connectivity index (χ2v) is 2.96. The van der Waals surface area contributed by atoms with Crippen molar-refractivity contribution in [2.24, 2.45) is 0 Å². The first-order chi connectivity index (χ1) is 6.84. The molecular formula is C10H10N4. The SMILES string of the molecule is Nc1cc(Cc2cnccn2)ccn1. The van der Waals surface area contributed by atoms with E-state index in [1.165, 1.54) is 0 Å². The number of anilines is 1. The van der Waals surface area contributed by atoms with Crippen LogP contribution in [0.25, 0.3) is 0 Å². The molecule has 2 rings (SSSR count). The molecule has 2 heterocycles. The van der Waals surface area contributed by atoms with Gasteiger partial charge in [0.15, 0.2) is 0 Å². The Kier molecular flexibility index (Phi) is 2.36. The summed E-state index contributed by atoms with van der Waals surface area (Å²) in [5.74, 6) is 0.534. The van der Waals surface area contributed by atoms with Gasteiger partial charge in [0.1, 0.15) is 5.82 Å². The van der Waals surface area contributed by atoms with Gasteiger partial charge in [-0.25, -0.2) is 4.98 Å².